The van der Waals surface area contributed by atoms with Crippen LogP contribution in [0.2, 0.25) is 0 Å². The summed E-state index contributed by atoms with van der Waals surface area (Å²) in [5, 5.41) is 9.82. The molecule has 0 spiro atoms. The third kappa shape index (κ3) is 5.29. The minimum atomic E-state index is -0.461. The fraction of sp³-hybridized carbons (Fsp3) is 0.250. The van der Waals surface area contributed by atoms with E-state index < -0.39 is 5.97 Å². The van der Waals surface area contributed by atoms with Gasteiger partial charge >= 0.3 is 5.97 Å². The second-order valence-corrected chi connectivity index (χ2v) is 7.21. The molecule has 0 bridgehead atoms. The number of aryl methyl sites for hydroxylation is 1. The Kier molecular flexibility index (Phi) is 6.91. The van der Waals surface area contributed by atoms with Crippen molar-refractivity contribution in [2.45, 2.75) is 20.3 Å². The van der Waals surface area contributed by atoms with Crippen molar-refractivity contribution in [3.8, 4) is 5.69 Å². The van der Waals surface area contributed by atoms with Crippen molar-refractivity contribution >= 4 is 34.3 Å². The van der Waals surface area contributed by atoms with E-state index in [2.05, 4.69) is 20.7 Å². The van der Waals surface area contributed by atoms with Crippen LogP contribution in [0.3, 0.4) is 0 Å². The molecule has 2 heterocycles. The Hall–Kier alpha value is -3.53. The standard InChI is InChI=1S/C20H21N5O4S/c1-3-29-19(28)17-13(2)23-20(30-17)24-16(26)8-10-21-18(27)14-6-4-7-15(12-14)25-11-5-9-22-25/h4-7,9,11-12H,3,8,10H2,1-2H3,(H,21,27)(H,23,24,26). The highest BCUT2D eigenvalue weighted by Crippen LogP contribution is 2.23. The molecule has 0 aliphatic rings. The third-order valence-corrected chi connectivity index (χ3v) is 5.07. The maximum atomic E-state index is 12.4. The number of aromatic nitrogens is 3. The molecule has 0 saturated carbocycles. The summed E-state index contributed by atoms with van der Waals surface area (Å²) >= 11 is 1.06. The van der Waals surface area contributed by atoms with Crippen molar-refractivity contribution in [1.82, 2.24) is 20.1 Å². The topological polar surface area (TPSA) is 115 Å². The van der Waals surface area contributed by atoms with E-state index in [1.165, 1.54) is 0 Å². The van der Waals surface area contributed by atoms with Crippen LogP contribution in [-0.4, -0.2) is 45.7 Å². The summed E-state index contributed by atoms with van der Waals surface area (Å²) in [6.07, 6.45) is 3.51. The number of rotatable bonds is 8. The Labute approximate surface area is 177 Å². The minimum absolute atomic E-state index is 0.0674. The van der Waals surface area contributed by atoms with Crippen molar-refractivity contribution in [1.29, 1.82) is 0 Å². The number of hydrogen-bond donors (Lipinski definition) is 2. The first-order chi connectivity index (χ1) is 14.5. The summed E-state index contributed by atoms with van der Waals surface area (Å²) in [6, 6.07) is 8.82. The number of benzene rings is 1. The predicted octanol–water partition coefficient (Wildman–Crippen LogP) is 2.57. The van der Waals surface area contributed by atoms with Crippen LogP contribution < -0.4 is 10.6 Å². The number of nitrogens with zero attached hydrogens (tertiary/aromatic N) is 3. The molecule has 1 aromatic carbocycles. The molecule has 0 saturated heterocycles. The first kappa shape index (κ1) is 21.2. The zero-order valence-electron chi connectivity index (χ0n) is 16.5. The van der Waals surface area contributed by atoms with Gasteiger partial charge in [0.25, 0.3) is 5.91 Å². The Bertz CT molecular complexity index is 1050. The molecule has 30 heavy (non-hydrogen) atoms. The van der Waals surface area contributed by atoms with Gasteiger partial charge in [-0.15, -0.1) is 0 Å². The highest BCUT2D eigenvalue weighted by atomic mass is 32.1. The highest BCUT2D eigenvalue weighted by Gasteiger charge is 2.17. The molecule has 2 amide bonds. The lowest BCUT2D eigenvalue weighted by Gasteiger charge is -2.07. The van der Waals surface area contributed by atoms with Crippen LogP contribution in [0.25, 0.3) is 5.69 Å². The second-order valence-electron chi connectivity index (χ2n) is 6.21. The van der Waals surface area contributed by atoms with Crippen LogP contribution in [0.1, 0.15) is 39.1 Å². The van der Waals surface area contributed by atoms with Gasteiger partial charge in [-0.3, -0.25) is 9.59 Å². The number of amides is 2. The number of esters is 1. The van der Waals surface area contributed by atoms with E-state index in [9.17, 15) is 14.4 Å². The average molecular weight is 427 g/mol. The Morgan fingerprint density at radius 2 is 2.07 bits per heavy atom. The fourth-order valence-electron chi connectivity index (χ4n) is 2.62. The first-order valence-electron chi connectivity index (χ1n) is 9.30. The SMILES string of the molecule is CCOC(=O)c1sc(NC(=O)CCNC(=O)c2cccc(-n3cccn3)c2)nc1C. The maximum absolute atomic E-state index is 12.4. The van der Waals surface area contributed by atoms with Crippen molar-refractivity contribution in [3.63, 3.8) is 0 Å². The highest BCUT2D eigenvalue weighted by molar-refractivity contribution is 7.17. The molecular weight excluding hydrogens is 406 g/mol. The zero-order valence-corrected chi connectivity index (χ0v) is 17.4. The quantitative estimate of drug-likeness (QED) is 0.534. The van der Waals surface area contributed by atoms with Crippen LogP contribution in [0.5, 0.6) is 0 Å². The first-order valence-corrected chi connectivity index (χ1v) is 10.1. The molecule has 0 atom stereocenters. The molecule has 2 N–H and O–H groups in total. The molecular formula is C20H21N5O4S. The van der Waals surface area contributed by atoms with Crippen LogP contribution in [0.15, 0.2) is 42.7 Å². The van der Waals surface area contributed by atoms with Crippen LogP contribution in [-0.2, 0) is 9.53 Å². The Morgan fingerprint density at radius 1 is 1.23 bits per heavy atom. The van der Waals surface area contributed by atoms with Gasteiger partial charge in [0.2, 0.25) is 5.91 Å². The number of thiazole rings is 1. The predicted molar refractivity (Wildman–Crippen MR) is 112 cm³/mol. The van der Waals surface area contributed by atoms with E-state index in [-0.39, 0.29) is 31.4 Å². The summed E-state index contributed by atoms with van der Waals surface area (Å²) in [5.74, 6) is -1.06. The van der Waals surface area contributed by atoms with Crippen molar-refractivity contribution in [3.05, 3.63) is 58.9 Å². The molecule has 0 aliphatic carbocycles. The lowest BCUT2D eigenvalue weighted by atomic mass is 10.2. The van der Waals surface area contributed by atoms with Gasteiger partial charge in [-0.1, -0.05) is 17.4 Å². The smallest absolute Gasteiger partial charge is 0.350 e. The van der Waals surface area contributed by atoms with Gasteiger partial charge in [-0.2, -0.15) is 5.10 Å². The molecule has 10 heteroatoms. The number of nitrogens with one attached hydrogen (secondary N) is 2. The van der Waals surface area contributed by atoms with Gasteiger partial charge in [0, 0.05) is 30.9 Å². The van der Waals surface area contributed by atoms with Crippen LogP contribution >= 0.6 is 11.3 Å². The summed E-state index contributed by atoms with van der Waals surface area (Å²) in [7, 11) is 0. The summed E-state index contributed by atoms with van der Waals surface area (Å²) in [4.78, 5) is 40.8. The molecule has 0 fully saturated rings. The Balaban J connectivity index is 1.50. The second kappa shape index (κ2) is 9.79. The number of carbonyl (C=O) groups excluding carboxylic acids is 3. The third-order valence-electron chi connectivity index (χ3n) is 4.02. The number of hydrogen-bond acceptors (Lipinski definition) is 7. The van der Waals surface area contributed by atoms with E-state index >= 15 is 0 Å². The van der Waals surface area contributed by atoms with E-state index in [1.807, 2.05) is 6.07 Å². The summed E-state index contributed by atoms with van der Waals surface area (Å²) < 4.78 is 6.62. The largest absolute Gasteiger partial charge is 0.462 e. The normalized spacial score (nSPS) is 10.5. The van der Waals surface area contributed by atoms with Crippen molar-refractivity contribution in [2.75, 3.05) is 18.5 Å². The molecule has 156 valence electrons. The van der Waals surface area contributed by atoms with E-state index in [4.69, 9.17) is 4.74 Å². The Morgan fingerprint density at radius 3 is 2.80 bits per heavy atom. The minimum Gasteiger partial charge on any atom is -0.462 e. The molecule has 3 rings (SSSR count). The lowest BCUT2D eigenvalue weighted by molar-refractivity contribution is -0.116. The number of ether oxygens (including phenoxy) is 1. The van der Waals surface area contributed by atoms with Gasteiger partial charge in [-0.05, 0) is 38.1 Å². The van der Waals surface area contributed by atoms with Gasteiger partial charge in [0.1, 0.15) is 4.88 Å². The number of carbonyl (C=O) groups is 3. The van der Waals surface area contributed by atoms with E-state index in [0.29, 0.717) is 21.3 Å². The van der Waals surface area contributed by atoms with Crippen LogP contribution in [0, 0.1) is 6.92 Å². The van der Waals surface area contributed by atoms with Gasteiger partial charge in [0.15, 0.2) is 5.13 Å². The molecule has 9 nitrogen and oxygen atoms in total. The van der Waals surface area contributed by atoms with Gasteiger partial charge in [-0.25, -0.2) is 14.5 Å². The fourth-order valence-corrected chi connectivity index (χ4v) is 3.50. The van der Waals surface area contributed by atoms with Crippen molar-refractivity contribution < 1.29 is 19.1 Å². The molecule has 2 aromatic heterocycles. The molecule has 3 aromatic rings. The van der Waals surface area contributed by atoms with E-state index in [0.717, 1.165) is 17.0 Å². The zero-order chi connectivity index (χ0) is 21.5. The molecule has 0 aliphatic heterocycles. The lowest BCUT2D eigenvalue weighted by Crippen LogP contribution is -2.27. The average Bonchev–Trinajstić information content (AvgIpc) is 3.38. The van der Waals surface area contributed by atoms with Gasteiger partial charge in [0.05, 0.1) is 18.0 Å². The summed E-state index contributed by atoms with van der Waals surface area (Å²) in [6.45, 7) is 3.82. The summed E-state index contributed by atoms with van der Waals surface area (Å²) in [5.41, 5.74) is 1.74. The molecule has 0 unspecified atom stereocenters. The van der Waals surface area contributed by atoms with Crippen molar-refractivity contribution in [2.24, 2.45) is 0 Å². The molecule has 0 radical (unpaired) electrons. The maximum Gasteiger partial charge on any atom is 0.350 e. The number of anilines is 1. The van der Waals surface area contributed by atoms with Gasteiger partial charge < -0.3 is 15.4 Å². The van der Waals surface area contributed by atoms with E-state index in [1.54, 1.807) is 55.2 Å². The monoisotopic (exact) mass is 427 g/mol. The van der Waals surface area contributed by atoms with Crippen LogP contribution in [0.4, 0.5) is 5.13 Å².